The molecule has 0 spiro atoms. The van der Waals surface area contributed by atoms with E-state index in [0.717, 1.165) is 5.56 Å². The number of amides is 2. The molecule has 1 atom stereocenters. The lowest BCUT2D eigenvalue weighted by Crippen LogP contribution is -2.28. The monoisotopic (exact) mass is 342 g/mol. The van der Waals surface area contributed by atoms with Gasteiger partial charge in [0.25, 0.3) is 5.89 Å². The topological polar surface area (TPSA) is 88.3 Å². The highest BCUT2D eigenvalue weighted by molar-refractivity contribution is 5.97. The van der Waals surface area contributed by atoms with Gasteiger partial charge in [-0.2, -0.15) is 4.98 Å². The summed E-state index contributed by atoms with van der Waals surface area (Å²) in [6.45, 7) is 7.04. The second-order valence-corrected chi connectivity index (χ2v) is 6.51. The molecule has 1 fully saturated rings. The number of benzene rings is 1. The van der Waals surface area contributed by atoms with Crippen LogP contribution >= 0.6 is 0 Å². The number of hydrogen-bond donors (Lipinski definition) is 1. The molecule has 1 aliphatic rings. The molecule has 1 aromatic heterocycles. The number of hydrogen-bond acceptors (Lipinski definition) is 5. The van der Waals surface area contributed by atoms with Gasteiger partial charge in [-0.1, -0.05) is 19.0 Å². The van der Waals surface area contributed by atoms with Gasteiger partial charge in [-0.05, 0) is 31.2 Å². The Bertz CT molecular complexity index is 767. The molecule has 132 valence electrons. The van der Waals surface area contributed by atoms with Crippen molar-refractivity contribution < 1.29 is 14.1 Å². The van der Waals surface area contributed by atoms with Crippen molar-refractivity contribution >= 4 is 17.5 Å². The van der Waals surface area contributed by atoms with Crippen LogP contribution in [0.2, 0.25) is 0 Å². The molecule has 0 saturated carbocycles. The highest BCUT2D eigenvalue weighted by Crippen LogP contribution is 2.23. The Morgan fingerprint density at radius 2 is 2.08 bits per heavy atom. The molecule has 0 bridgehead atoms. The van der Waals surface area contributed by atoms with Crippen LogP contribution < -0.4 is 5.32 Å². The van der Waals surface area contributed by atoms with E-state index >= 15 is 0 Å². The van der Waals surface area contributed by atoms with Crippen molar-refractivity contribution in [1.29, 1.82) is 0 Å². The van der Waals surface area contributed by atoms with E-state index in [1.165, 1.54) is 0 Å². The van der Waals surface area contributed by atoms with E-state index in [4.69, 9.17) is 4.52 Å². The zero-order valence-electron chi connectivity index (χ0n) is 14.7. The lowest BCUT2D eigenvalue weighted by molar-refractivity contribution is -0.128. The highest BCUT2D eigenvalue weighted by atomic mass is 16.5. The molecule has 2 heterocycles. The zero-order chi connectivity index (χ0) is 18.0. The van der Waals surface area contributed by atoms with Crippen molar-refractivity contribution in [2.75, 3.05) is 18.4 Å². The number of rotatable bonds is 5. The van der Waals surface area contributed by atoms with Gasteiger partial charge in [-0.3, -0.25) is 9.59 Å². The molecule has 1 saturated heterocycles. The first-order valence-electron chi connectivity index (χ1n) is 8.50. The molecule has 3 rings (SSSR count). The van der Waals surface area contributed by atoms with E-state index < -0.39 is 0 Å². The van der Waals surface area contributed by atoms with E-state index in [1.54, 1.807) is 17.0 Å². The minimum Gasteiger partial charge on any atom is -0.342 e. The standard InChI is InChI=1S/C18H22N4O3/c1-4-22-10-13(9-15(22)23)17(24)19-14-7-5-12(6-8-14)18-20-16(11(2)3)21-25-18/h5-8,11,13H,4,9-10H2,1-3H3,(H,19,24)/t13-/m1/s1. The predicted molar refractivity (Wildman–Crippen MR) is 92.8 cm³/mol. The van der Waals surface area contributed by atoms with Crippen molar-refractivity contribution in [2.45, 2.75) is 33.1 Å². The molecule has 0 unspecified atom stereocenters. The third-order valence-corrected chi connectivity index (χ3v) is 4.32. The molecule has 1 aliphatic heterocycles. The molecule has 2 amide bonds. The average molecular weight is 342 g/mol. The van der Waals surface area contributed by atoms with Crippen LogP contribution in [0.1, 0.15) is 38.9 Å². The van der Waals surface area contributed by atoms with E-state index in [-0.39, 0.29) is 30.1 Å². The van der Waals surface area contributed by atoms with Crippen LogP contribution in [0.25, 0.3) is 11.5 Å². The van der Waals surface area contributed by atoms with Gasteiger partial charge in [0.1, 0.15) is 0 Å². The van der Waals surface area contributed by atoms with Crippen molar-refractivity contribution in [3.8, 4) is 11.5 Å². The highest BCUT2D eigenvalue weighted by Gasteiger charge is 2.33. The summed E-state index contributed by atoms with van der Waals surface area (Å²) in [5.74, 6) is 0.942. The molecule has 7 nitrogen and oxygen atoms in total. The lowest BCUT2D eigenvalue weighted by atomic mass is 10.1. The van der Waals surface area contributed by atoms with Gasteiger partial charge in [0.2, 0.25) is 11.8 Å². The Kier molecular flexibility index (Phi) is 4.83. The van der Waals surface area contributed by atoms with Gasteiger partial charge >= 0.3 is 0 Å². The second kappa shape index (κ2) is 7.04. The van der Waals surface area contributed by atoms with Gasteiger partial charge in [0, 0.05) is 36.7 Å². The van der Waals surface area contributed by atoms with Gasteiger partial charge in [-0.25, -0.2) is 0 Å². The predicted octanol–water partition coefficient (Wildman–Crippen LogP) is 2.67. The summed E-state index contributed by atoms with van der Waals surface area (Å²) < 4.78 is 5.26. The fourth-order valence-electron chi connectivity index (χ4n) is 2.78. The fraction of sp³-hybridized carbons (Fsp3) is 0.444. The number of carbonyl (C=O) groups is 2. The smallest absolute Gasteiger partial charge is 0.257 e. The molecule has 0 aliphatic carbocycles. The maximum absolute atomic E-state index is 12.3. The van der Waals surface area contributed by atoms with Crippen molar-refractivity contribution in [3.05, 3.63) is 30.1 Å². The van der Waals surface area contributed by atoms with Gasteiger partial charge < -0.3 is 14.7 Å². The van der Waals surface area contributed by atoms with Gasteiger partial charge in [0.15, 0.2) is 5.82 Å². The Labute approximate surface area is 146 Å². The first kappa shape index (κ1) is 17.1. The van der Waals surface area contributed by atoms with Crippen LogP contribution in [0.15, 0.2) is 28.8 Å². The fourth-order valence-corrected chi connectivity index (χ4v) is 2.78. The van der Waals surface area contributed by atoms with Gasteiger partial charge in [-0.15, -0.1) is 0 Å². The molecule has 0 radical (unpaired) electrons. The minimum absolute atomic E-state index is 0.0374. The summed E-state index contributed by atoms with van der Waals surface area (Å²) >= 11 is 0. The molecule has 7 heteroatoms. The minimum atomic E-state index is -0.295. The summed E-state index contributed by atoms with van der Waals surface area (Å²) in [5, 5.41) is 6.81. The van der Waals surface area contributed by atoms with Crippen LogP contribution in [0.3, 0.4) is 0 Å². The van der Waals surface area contributed by atoms with E-state index in [1.807, 2.05) is 32.9 Å². The van der Waals surface area contributed by atoms with E-state index in [9.17, 15) is 9.59 Å². The van der Waals surface area contributed by atoms with Gasteiger partial charge in [0.05, 0.1) is 5.92 Å². The third kappa shape index (κ3) is 3.70. The molecule has 2 aromatic rings. The van der Waals surface area contributed by atoms with Crippen LogP contribution in [-0.2, 0) is 9.59 Å². The first-order valence-corrected chi connectivity index (χ1v) is 8.50. The molecule has 1 aromatic carbocycles. The number of aromatic nitrogens is 2. The third-order valence-electron chi connectivity index (χ3n) is 4.32. The van der Waals surface area contributed by atoms with Crippen molar-refractivity contribution in [3.63, 3.8) is 0 Å². The zero-order valence-corrected chi connectivity index (χ0v) is 14.7. The summed E-state index contributed by atoms with van der Waals surface area (Å²) in [7, 11) is 0. The molecule has 25 heavy (non-hydrogen) atoms. The second-order valence-electron chi connectivity index (χ2n) is 6.51. The van der Waals surface area contributed by atoms with Crippen molar-refractivity contribution in [1.82, 2.24) is 15.0 Å². The lowest BCUT2D eigenvalue weighted by Gasteiger charge is -2.13. The SMILES string of the molecule is CCN1C[C@H](C(=O)Nc2ccc(-c3nc(C(C)C)no3)cc2)CC1=O. The number of nitrogens with one attached hydrogen (secondary N) is 1. The summed E-state index contributed by atoms with van der Waals surface area (Å²) in [6, 6.07) is 7.23. The molecular formula is C18H22N4O3. The van der Waals surface area contributed by atoms with Crippen LogP contribution in [0.5, 0.6) is 0 Å². The van der Waals surface area contributed by atoms with Crippen LogP contribution in [0.4, 0.5) is 5.69 Å². The summed E-state index contributed by atoms with van der Waals surface area (Å²) in [6.07, 6.45) is 0.276. The number of anilines is 1. The Hall–Kier alpha value is -2.70. The first-order chi connectivity index (χ1) is 12.0. The summed E-state index contributed by atoms with van der Waals surface area (Å²) in [4.78, 5) is 30.1. The normalized spacial score (nSPS) is 17.4. The molecule has 1 N–H and O–H groups in total. The number of nitrogens with zero attached hydrogens (tertiary/aromatic N) is 3. The molecular weight excluding hydrogens is 320 g/mol. The Morgan fingerprint density at radius 1 is 1.36 bits per heavy atom. The maximum atomic E-state index is 12.3. The van der Waals surface area contributed by atoms with Crippen LogP contribution in [0, 0.1) is 5.92 Å². The number of likely N-dealkylation sites (tertiary alicyclic amines) is 1. The quantitative estimate of drug-likeness (QED) is 0.902. The number of carbonyl (C=O) groups excluding carboxylic acids is 2. The van der Waals surface area contributed by atoms with Crippen molar-refractivity contribution in [2.24, 2.45) is 5.92 Å². The van der Waals surface area contributed by atoms with E-state index in [2.05, 4.69) is 15.5 Å². The summed E-state index contributed by atoms with van der Waals surface area (Å²) in [5.41, 5.74) is 1.48. The average Bonchev–Trinajstić information content (AvgIpc) is 3.22. The Balaban J connectivity index is 1.64. The van der Waals surface area contributed by atoms with Crippen LogP contribution in [-0.4, -0.2) is 39.9 Å². The Morgan fingerprint density at radius 3 is 2.64 bits per heavy atom. The van der Waals surface area contributed by atoms with E-state index in [0.29, 0.717) is 30.5 Å². The largest absolute Gasteiger partial charge is 0.342 e. The maximum Gasteiger partial charge on any atom is 0.257 e.